The molecule has 5 nitrogen and oxygen atoms in total. The molecule has 0 radical (unpaired) electrons. The van der Waals surface area contributed by atoms with Crippen molar-refractivity contribution in [1.82, 2.24) is 9.88 Å². The van der Waals surface area contributed by atoms with E-state index in [0.29, 0.717) is 6.54 Å². The summed E-state index contributed by atoms with van der Waals surface area (Å²) in [6.45, 7) is 4.00. The maximum atomic E-state index is 11.8. The van der Waals surface area contributed by atoms with Crippen molar-refractivity contribution in [2.45, 2.75) is 19.4 Å². The van der Waals surface area contributed by atoms with Crippen molar-refractivity contribution in [3.8, 4) is 0 Å². The van der Waals surface area contributed by atoms with Gasteiger partial charge in [0, 0.05) is 32.4 Å². The number of nitrogens with two attached hydrogens (primary N) is 1. The van der Waals surface area contributed by atoms with Gasteiger partial charge in [-0.25, -0.2) is 4.98 Å². The second-order valence-electron chi connectivity index (χ2n) is 4.83. The molecular weight excluding hydrogens is 228 g/mol. The number of nitrogens with zero attached hydrogens (tertiary/aromatic N) is 3. The van der Waals surface area contributed by atoms with Gasteiger partial charge in [0.25, 0.3) is 0 Å². The van der Waals surface area contributed by atoms with Crippen LogP contribution in [0, 0.1) is 0 Å². The minimum atomic E-state index is -0.0166. The molecule has 5 heteroatoms. The largest absolute Gasteiger partial charge is 0.347 e. The molecule has 1 aromatic heterocycles. The highest BCUT2D eigenvalue weighted by Gasteiger charge is 2.20. The Balaban J connectivity index is 2.20. The third kappa shape index (κ3) is 2.79. The van der Waals surface area contributed by atoms with Crippen LogP contribution in [0.5, 0.6) is 0 Å². The normalized spacial score (nSPS) is 18.7. The van der Waals surface area contributed by atoms with E-state index in [1.165, 1.54) is 0 Å². The molecule has 0 aliphatic carbocycles. The lowest BCUT2D eigenvalue weighted by atomic mass is 10.1. The van der Waals surface area contributed by atoms with Crippen LogP contribution in [0.15, 0.2) is 18.3 Å². The fourth-order valence-corrected chi connectivity index (χ4v) is 2.07. The number of rotatable bonds is 2. The Labute approximate surface area is 108 Å². The summed E-state index contributed by atoms with van der Waals surface area (Å²) in [6, 6.07) is 3.88. The Hall–Kier alpha value is -1.62. The van der Waals surface area contributed by atoms with Gasteiger partial charge in [0.2, 0.25) is 5.91 Å². The predicted octanol–water partition coefficient (Wildman–Crippen LogP) is 0.770. The van der Waals surface area contributed by atoms with E-state index >= 15 is 0 Å². The molecule has 0 aromatic carbocycles. The number of pyridine rings is 1. The van der Waals surface area contributed by atoms with Gasteiger partial charge in [0.05, 0.1) is 6.54 Å². The number of likely N-dealkylation sites (N-methyl/N-ethyl adjacent to an activating group) is 1. The molecule has 0 spiro atoms. The zero-order valence-electron chi connectivity index (χ0n) is 11.0. The minimum Gasteiger partial charge on any atom is -0.347 e. The lowest BCUT2D eigenvalue weighted by Gasteiger charge is -2.21. The van der Waals surface area contributed by atoms with Gasteiger partial charge in [-0.15, -0.1) is 0 Å². The van der Waals surface area contributed by atoms with E-state index in [4.69, 9.17) is 5.73 Å². The Morgan fingerprint density at radius 1 is 1.44 bits per heavy atom. The highest BCUT2D eigenvalue weighted by atomic mass is 16.2. The summed E-state index contributed by atoms with van der Waals surface area (Å²) in [5, 5.41) is 0. The first-order valence-corrected chi connectivity index (χ1v) is 6.28. The van der Waals surface area contributed by atoms with Gasteiger partial charge in [0.1, 0.15) is 5.82 Å². The van der Waals surface area contributed by atoms with Gasteiger partial charge in [0.15, 0.2) is 0 Å². The quantitative estimate of drug-likeness (QED) is 0.839. The van der Waals surface area contributed by atoms with E-state index in [0.717, 1.165) is 30.9 Å². The summed E-state index contributed by atoms with van der Waals surface area (Å²) < 4.78 is 0. The van der Waals surface area contributed by atoms with E-state index in [1.54, 1.807) is 11.1 Å². The number of carbonyl (C=O) groups is 1. The lowest BCUT2D eigenvalue weighted by Crippen LogP contribution is -2.34. The molecule has 0 unspecified atom stereocenters. The Kier molecular flexibility index (Phi) is 3.81. The Morgan fingerprint density at radius 2 is 2.22 bits per heavy atom. The van der Waals surface area contributed by atoms with Gasteiger partial charge < -0.3 is 15.5 Å². The first kappa shape index (κ1) is 12.8. The molecule has 1 amide bonds. The Bertz CT molecular complexity index is 433. The van der Waals surface area contributed by atoms with Crippen molar-refractivity contribution in [3.05, 3.63) is 23.9 Å². The van der Waals surface area contributed by atoms with E-state index in [2.05, 4.69) is 4.98 Å². The summed E-state index contributed by atoms with van der Waals surface area (Å²) in [5.41, 5.74) is 6.92. The maximum Gasteiger partial charge on any atom is 0.241 e. The fourth-order valence-electron chi connectivity index (χ4n) is 2.07. The minimum absolute atomic E-state index is 0.0166. The third-order valence-corrected chi connectivity index (χ3v) is 3.29. The second-order valence-corrected chi connectivity index (χ2v) is 4.83. The summed E-state index contributed by atoms with van der Waals surface area (Å²) in [7, 11) is 1.84. The van der Waals surface area contributed by atoms with Gasteiger partial charge >= 0.3 is 0 Å². The van der Waals surface area contributed by atoms with Crippen LogP contribution in [0.4, 0.5) is 5.82 Å². The summed E-state index contributed by atoms with van der Waals surface area (Å²) >= 11 is 0. The molecule has 1 fully saturated rings. The van der Waals surface area contributed by atoms with Gasteiger partial charge in [-0.3, -0.25) is 4.79 Å². The molecule has 2 rings (SSSR count). The number of amides is 1. The molecule has 98 valence electrons. The predicted molar refractivity (Wildman–Crippen MR) is 71.3 cm³/mol. The van der Waals surface area contributed by atoms with Crippen LogP contribution in [-0.2, 0) is 4.79 Å². The molecule has 0 bridgehead atoms. The standard InChI is InChI=1S/C13H20N4O/c1-10(14)11-4-5-15-12(8-11)17-7-3-6-16(2)13(18)9-17/h4-5,8,10H,3,6-7,9,14H2,1-2H3/t10-/m0/s1. The number of hydrogen-bond donors (Lipinski definition) is 1. The van der Waals surface area contributed by atoms with Crippen LogP contribution >= 0.6 is 0 Å². The van der Waals surface area contributed by atoms with Crippen LogP contribution < -0.4 is 10.6 Å². The van der Waals surface area contributed by atoms with Crippen molar-refractivity contribution in [3.63, 3.8) is 0 Å². The molecule has 1 aliphatic rings. The zero-order chi connectivity index (χ0) is 13.1. The lowest BCUT2D eigenvalue weighted by molar-refractivity contribution is -0.127. The van der Waals surface area contributed by atoms with E-state index in [1.807, 2.05) is 31.0 Å². The first-order chi connectivity index (χ1) is 8.58. The molecule has 1 aliphatic heterocycles. The molecule has 2 N–H and O–H groups in total. The van der Waals surface area contributed by atoms with Crippen LogP contribution in [0.2, 0.25) is 0 Å². The SMILES string of the molecule is C[C@H](N)c1ccnc(N2CCCN(C)C(=O)C2)c1. The topological polar surface area (TPSA) is 62.5 Å². The van der Waals surface area contributed by atoms with Gasteiger partial charge in [-0.1, -0.05) is 0 Å². The number of aromatic nitrogens is 1. The number of hydrogen-bond acceptors (Lipinski definition) is 4. The monoisotopic (exact) mass is 248 g/mol. The summed E-state index contributed by atoms with van der Waals surface area (Å²) in [5.74, 6) is 0.981. The average Bonchev–Trinajstić information content (AvgIpc) is 2.52. The number of carbonyl (C=O) groups excluding carboxylic acids is 1. The molecule has 1 aromatic rings. The first-order valence-electron chi connectivity index (χ1n) is 6.28. The van der Waals surface area contributed by atoms with E-state index in [-0.39, 0.29) is 11.9 Å². The van der Waals surface area contributed by atoms with Crippen molar-refractivity contribution >= 4 is 11.7 Å². The summed E-state index contributed by atoms with van der Waals surface area (Å²) in [6.07, 6.45) is 2.72. The van der Waals surface area contributed by atoms with Crippen LogP contribution in [0.25, 0.3) is 0 Å². The van der Waals surface area contributed by atoms with Crippen molar-refractivity contribution < 1.29 is 4.79 Å². The van der Waals surface area contributed by atoms with Crippen molar-refractivity contribution in [2.75, 3.05) is 31.6 Å². The van der Waals surface area contributed by atoms with Crippen LogP contribution in [0.3, 0.4) is 0 Å². The molecular formula is C13H20N4O. The zero-order valence-corrected chi connectivity index (χ0v) is 11.0. The highest BCUT2D eigenvalue weighted by molar-refractivity contribution is 5.81. The van der Waals surface area contributed by atoms with Crippen LogP contribution in [-0.4, -0.2) is 42.5 Å². The van der Waals surface area contributed by atoms with E-state index in [9.17, 15) is 4.79 Å². The third-order valence-electron chi connectivity index (χ3n) is 3.29. The van der Waals surface area contributed by atoms with Crippen LogP contribution in [0.1, 0.15) is 24.9 Å². The smallest absolute Gasteiger partial charge is 0.241 e. The molecule has 1 atom stereocenters. The van der Waals surface area contributed by atoms with Crippen molar-refractivity contribution in [2.24, 2.45) is 5.73 Å². The molecule has 1 saturated heterocycles. The van der Waals surface area contributed by atoms with E-state index < -0.39 is 0 Å². The average molecular weight is 248 g/mol. The molecule has 18 heavy (non-hydrogen) atoms. The Morgan fingerprint density at radius 3 is 2.94 bits per heavy atom. The second kappa shape index (κ2) is 5.35. The van der Waals surface area contributed by atoms with Crippen molar-refractivity contribution in [1.29, 1.82) is 0 Å². The van der Waals surface area contributed by atoms with Gasteiger partial charge in [-0.2, -0.15) is 0 Å². The molecule has 2 heterocycles. The van der Waals surface area contributed by atoms with Gasteiger partial charge in [-0.05, 0) is 31.0 Å². The maximum absolute atomic E-state index is 11.8. The molecule has 0 saturated carbocycles. The highest BCUT2D eigenvalue weighted by Crippen LogP contribution is 2.18. The number of anilines is 1. The fraction of sp³-hybridized carbons (Fsp3) is 0.538. The summed E-state index contributed by atoms with van der Waals surface area (Å²) in [4.78, 5) is 20.0.